The second-order valence-corrected chi connectivity index (χ2v) is 8.59. The number of carbonyl (C=O) groups excluding carboxylic acids is 2. The van der Waals surface area contributed by atoms with Gasteiger partial charge in [-0.1, -0.05) is 11.3 Å². The monoisotopic (exact) mass is 486 g/mol. The van der Waals surface area contributed by atoms with Crippen LogP contribution in [0.25, 0.3) is 10.6 Å². The summed E-state index contributed by atoms with van der Waals surface area (Å²) < 4.78 is 31.5. The molecule has 2 amide bonds. The summed E-state index contributed by atoms with van der Waals surface area (Å²) in [5.41, 5.74) is 1.67. The van der Waals surface area contributed by atoms with Gasteiger partial charge in [0.05, 0.1) is 23.4 Å². The average molecular weight is 487 g/mol. The van der Waals surface area contributed by atoms with Gasteiger partial charge in [0.2, 0.25) is 0 Å². The third-order valence-electron chi connectivity index (χ3n) is 4.51. The molecule has 0 saturated heterocycles. The van der Waals surface area contributed by atoms with Crippen molar-refractivity contribution in [1.82, 2.24) is 9.97 Å². The van der Waals surface area contributed by atoms with Crippen molar-refractivity contribution >= 4 is 44.8 Å². The third kappa shape index (κ3) is 5.04. The van der Waals surface area contributed by atoms with E-state index in [2.05, 4.69) is 20.6 Å². The first-order valence-electron chi connectivity index (χ1n) is 9.49. The van der Waals surface area contributed by atoms with Crippen molar-refractivity contribution in [3.8, 4) is 16.3 Å². The molecule has 0 aliphatic rings. The van der Waals surface area contributed by atoms with Gasteiger partial charge in [-0.3, -0.25) is 20.2 Å². The molecule has 0 aliphatic carbocycles. The van der Waals surface area contributed by atoms with Crippen molar-refractivity contribution < 1.29 is 23.1 Å². The largest absolute Gasteiger partial charge is 0.497 e. The number of aromatic nitrogens is 2. The molecule has 168 valence electrons. The summed E-state index contributed by atoms with van der Waals surface area (Å²) in [5.74, 6) is -2.40. The number of carbonyl (C=O) groups is 2. The molecule has 0 fully saturated rings. The number of methoxy groups -OCH3 is 1. The minimum atomic E-state index is -1.10. The third-order valence-corrected chi connectivity index (χ3v) is 6.36. The lowest BCUT2D eigenvalue weighted by molar-refractivity contribution is 0.101. The van der Waals surface area contributed by atoms with Gasteiger partial charge in [-0.05, 0) is 49.4 Å². The topological polar surface area (TPSA) is 93.2 Å². The molecule has 0 unspecified atom stereocenters. The van der Waals surface area contributed by atoms with E-state index in [4.69, 9.17) is 4.74 Å². The van der Waals surface area contributed by atoms with E-state index in [-0.39, 0.29) is 16.6 Å². The van der Waals surface area contributed by atoms with Gasteiger partial charge in [0.25, 0.3) is 11.8 Å². The zero-order valence-corrected chi connectivity index (χ0v) is 18.9. The van der Waals surface area contributed by atoms with Gasteiger partial charge in [0.1, 0.15) is 5.75 Å². The first kappa shape index (κ1) is 22.5. The molecular formula is C22H16F2N4O3S2. The molecule has 0 spiro atoms. The van der Waals surface area contributed by atoms with E-state index >= 15 is 0 Å². The van der Waals surface area contributed by atoms with Crippen LogP contribution in [0.1, 0.15) is 26.4 Å². The van der Waals surface area contributed by atoms with Gasteiger partial charge in [-0.2, -0.15) is 0 Å². The van der Waals surface area contributed by atoms with E-state index in [1.807, 2.05) is 0 Å². The summed E-state index contributed by atoms with van der Waals surface area (Å²) in [4.78, 5) is 34.3. The first-order chi connectivity index (χ1) is 15.8. The molecule has 2 aromatic carbocycles. The van der Waals surface area contributed by atoms with Crippen LogP contribution in [0.3, 0.4) is 0 Å². The normalized spacial score (nSPS) is 10.7. The minimum Gasteiger partial charge on any atom is -0.497 e. The lowest BCUT2D eigenvalue weighted by atomic mass is 10.2. The second-order valence-electron chi connectivity index (χ2n) is 6.74. The fourth-order valence-electron chi connectivity index (χ4n) is 2.84. The van der Waals surface area contributed by atoms with E-state index in [1.54, 1.807) is 43.7 Å². The van der Waals surface area contributed by atoms with E-state index in [0.29, 0.717) is 27.8 Å². The molecule has 2 aromatic heterocycles. The maximum Gasteiger partial charge on any atom is 0.257 e. The molecular weight excluding hydrogens is 470 g/mol. The van der Waals surface area contributed by atoms with Gasteiger partial charge in [0.15, 0.2) is 21.9 Å². The Bertz CT molecular complexity index is 1340. The van der Waals surface area contributed by atoms with E-state index in [0.717, 1.165) is 17.0 Å². The van der Waals surface area contributed by atoms with Crippen molar-refractivity contribution in [1.29, 1.82) is 0 Å². The number of rotatable bonds is 6. The summed E-state index contributed by atoms with van der Waals surface area (Å²) in [6, 6.07) is 9.59. The highest BCUT2D eigenvalue weighted by Crippen LogP contribution is 2.34. The predicted octanol–water partition coefficient (Wildman–Crippen LogP) is 5.37. The minimum absolute atomic E-state index is 0.0249. The molecule has 4 rings (SSSR count). The molecule has 7 nitrogen and oxygen atoms in total. The maximum atomic E-state index is 13.4. The average Bonchev–Trinajstić information content (AvgIpc) is 3.41. The molecule has 0 bridgehead atoms. The van der Waals surface area contributed by atoms with Gasteiger partial charge in [-0.15, -0.1) is 11.3 Å². The number of hydrogen-bond donors (Lipinski definition) is 2. The highest BCUT2D eigenvalue weighted by molar-refractivity contribution is 7.20. The molecule has 2 N–H and O–H groups in total. The molecule has 33 heavy (non-hydrogen) atoms. The van der Waals surface area contributed by atoms with Gasteiger partial charge < -0.3 is 4.74 Å². The molecule has 11 heteroatoms. The van der Waals surface area contributed by atoms with Crippen molar-refractivity contribution in [3.05, 3.63) is 76.3 Å². The van der Waals surface area contributed by atoms with Crippen molar-refractivity contribution in [3.63, 3.8) is 0 Å². The van der Waals surface area contributed by atoms with Crippen LogP contribution in [0.4, 0.5) is 19.0 Å². The number of amides is 2. The lowest BCUT2D eigenvalue weighted by Crippen LogP contribution is -2.12. The number of benzene rings is 2. The number of ether oxygens (including phenoxy) is 1. The Morgan fingerprint density at radius 3 is 2.27 bits per heavy atom. The molecule has 4 aromatic rings. The summed E-state index contributed by atoms with van der Waals surface area (Å²) in [7, 11) is 1.55. The number of halogens is 2. The fraction of sp³-hybridized carbons (Fsp3) is 0.0909. The Kier molecular flexibility index (Phi) is 6.43. The quantitative estimate of drug-likeness (QED) is 0.382. The standard InChI is InChI=1S/C22H16F2N4O3S2/c1-11-18(33-22(25-11)28-19(29)12-3-6-14(31-2)7-4-12)17-10-32-21(26-17)27-20(30)13-5-8-15(23)16(24)9-13/h3-10H,1-2H3,(H,25,28,29)(H,26,27,30). The smallest absolute Gasteiger partial charge is 0.257 e. The number of aryl methyl sites for hydroxylation is 1. The zero-order valence-electron chi connectivity index (χ0n) is 17.3. The number of hydrogen-bond acceptors (Lipinski definition) is 7. The van der Waals surface area contributed by atoms with Crippen LogP contribution in [0.5, 0.6) is 5.75 Å². The predicted molar refractivity (Wildman–Crippen MR) is 123 cm³/mol. The molecule has 2 heterocycles. The van der Waals surface area contributed by atoms with Crippen LogP contribution in [-0.4, -0.2) is 28.9 Å². The molecule has 0 radical (unpaired) electrons. The Hall–Kier alpha value is -3.70. The van der Waals surface area contributed by atoms with Crippen molar-refractivity contribution in [2.75, 3.05) is 17.7 Å². The number of thiazole rings is 2. The van der Waals surface area contributed by atoms with Crippen LogP contribution in [0, 0.1) is 18.6 Å². The lowest BCUT2D eigenvalue weighted by Gasteiger charge is -2.03. The second kappa shape index (κ2) is 9.43. The Labute approximate surface area is 195 Å². The van der Waals surface area contributed by atoms with Crippen LogP contribution in [-0.2, 0) is 0 Å². The number of nitrogens with one attached hydrogen (secondary N) is 2. The molecule has 0 aliphatic heterocycles. The number of nitrogens with zero attached hydrogens (tertiary/aromatic N) is 2. The molecule has 0 atom stereocenters. The Morgan fingerprint density at radius 2 is 1.58 bits per heavy atom. The summed E-state index contributed by atoms with van der Waals surface area (Å²) in [6.45, 7) is 1.79. The molecule has 0 saturated carbocycles. The fourth-order valence-corrected chi connectivity index (χ4v) is 4.53. The highest BCUT2D eigenvalue weighted by Gasteiger charge is 2.17. The maximum absolute atomic E-state index is 13.4. The van der Waals surface area contributed by atoms with Crippen LogP contribution in [0.2, 0.25) is 0 Å². The van der Waals surface area contributed by atoms with E-state index in [1.165, 1.54) is 28.7 Å². The SMILES string of the molecule is COc1ccc(C(=O)Nc2nc(C)c(-c3csc(NC(=O)c4ccc(F)c(F)c4)n3)s2)cc1. The van der Waals surface area contributed by atoms with E-state index in [9.17, 15) is 18.4 Å². The summed E-state index contributed by atoms with van der Waals surface area (Å²) >= 11 is 2.42. The van der Waals surface area contributed by atoms with Gasteiger partial charge >= 0.3 is 0 Å². The Morgan fingerprint density at radius 1 is 0.909 bits per heavy atom. The van der Waals surface area contributed by atoms with Crippen LogP contribution in [0.15, 0.2) is 47.8 Å². The van der Waals surface area contributed by atoms with Gasteiger partial charge in [-0.25, -0.2) is 18.7 Å². The van der Waals surface area contributed by atoms with Crippen LogP contribution < -0.4 is 15.4 Å². The van der Waals surface area contributed by atoms with E-state index < -0.39 is 17.5 Å². The summed E-state index contributed by atoms with van der Waals surface area (Å²) in [6.07, 6.45) is 0. The highest BCUT2D eigenvalue weighted by atomic mass is 32.1. The van der Waals surface area contributed by atoms with Crippen molar-refractivity contribution in [2.45, 2.75) is 6.92 Å². The zero-order chi connectivity index (χ0) is 23.5. The Balaban J connectivity index is 1.46. The van der Waals surface area contributed by atoms with Crippen molar-refractivity contribution in [2.24, 2.45) is 0 Å². The first-order valence-corrected chi connectivity index (χ1v) is 11.2. The summed E-state index contributed by atoms with van der Waals surface area (Å²) in [5, 5.41) is 7.76. The number of anilines is 2. The van der Waals surface area contributed by atoms with Crippen LogP contribution >= 0.6 is 22.7 Å². The van der Waals surface area contributed by atoms with Gasteiger partial charge in [0, 0.05) is 16.5 Å².